The molecule has 0 aliphatic carbocycles. The van der Waals surface area contributed by atoms with Crippen LogP contribution in [0.1, 0.15) is 5.69 Å². The topological polar surface area (TPSA) is 43.6 Å². The minimum atomic E-state index is 0.608. The van der Waals surface area contributed by atoms with Gasteiger partial charge in [-0.15, -0.1) is 0 Å². The van der Waals surface area contributed by atoms with Crippen molar-refractivity contribution >= 4 is 0 Å². The van der Waals surface area contributed by atoms with E-state index in [4.69, 9.17) is 4.98 Å². The van der Waals surface area contributed by atoms with Crippen LogP contribution in [0, 0.1) is 0 Å². The van der Waals surface area contributed by atoms with E-state index in [1.807, 2.05) is 66.9 Å². The van der Waals surface area contributed by atoms with E-state index >= 15 is 0 Å². The first-order chi connectivity index (χ1) is 14.9. The molecule has 0 aliphatic rings. The highest BCUT2D eigenvalue weighted by atomic mass is 15.1. The normalized spacial score (nSPS) is 10.8. The highest BCUT2D eigenvalue weighted by Crippen LogP contribution is 2.36. The molecule has 0 amide bonds. The van der Waals surface area contributed by atoms with Gasteiger partial charge >= 0.3 is 0 Å². The van der Waals surface area contributed by atoms with E-state index in [1.54, 1.807) is 6.20 Å². The van der Waals surface area contributed by atoms with Gasteiger partial charge in [-0.25, -0.2) is 4.98 Å². The molecular weight excluding hydrogens is 368 g/mol. The lowest BCUT2D eigenvalue weighted by Crippen LogP contribution is -2.06. The number of pyridine rings is 2. The Balaban J connectivity index is 1.80. The van der Waals surface area contributed by atoms with Crippen LogP contribution in [0.5, 0.6) is 0 Å². The van der Waals surface area contributed by atoms with Crippen molar-refractivity contribution in [3.63, 3.8) is 0 Å². The van der Waals surface area contributed by atoms with E-state index < -0.39 is 0 Å². The van der Waals surface area contributed by atoms with Crippen LogP contribution in [0.4, 0.5) is 0 Å². The SMILES string of the molecule is c1ccc(-c2nc(-c3ccccn3)n(Cc3ccccn3)c2-c2ccccc2)cc1. The summed E-state index contributed by atoms with van der Waals surface area (Å²) < 4.78 is 2.22. The van der Waals surface area contributed by atoms with Gasteiger partial charge < -0.3 is 4.57 Å². The van der Waals surface area contributed by atoms with E-state index in [0.29, 0.717) is 6.54 Å². The molecule has 0 unspecified atom stereocenters. The van der Waals surface area contributed by atoms with Gasteiger partial charge in [-0.1, -0.05) is 72.8 Å². The first-order valence-electron chi connectivity index (χ1n) is 9.93. The summed E-state index contributed by atoms with van der Waals surface area (Å²) in [4.78, 5) is 14.2. The van der Waals surface area contributed by atoms with Gasteiger partial charge in [0, 0.05) is 23.5 Å². The lowest BCUT2D eigenvalue weighted by Gasteiger charge is -2.13. The number of benzene rings is 2. The van der Waals surface area contributed by atoms with Crippen molar-refractivity contribution in [1.29, 1.82) is 0 Å². The van der Waals surface area contributed by atoms with E-state index in [9.17, 15) is 0 Å². The average Bonchev–Trinajstić information content (AvgIpc) is 3.20. The Morgan fingerprint density at radius 2 is 1.23 bits per heavy atom. The highest BCUT2D eigenvalue weighted by Gasteiger charge is 2.22. The summed E-state index contributed by atoms with van der Waals surface area (Å²) in [7, 11) is 0. The largest absolute Gasteiger partial charge is 0.316 e. The molecule has 3 aromatic heterocycles. The molecule has 5 rings (SSSR count). The van der Waals surface area contributed by atoms with Crippen LogP contribution < -0.4 is 0 Å². The van der Waals surface area contributed by atoms with Crippen molar-refractivity contribution in [1.82, 2.24) is 19.5 Å². The predicted octanol–water partition coefficient (Wildman–Crippen LogP) is 5.72. The molecule has 0 radical (unpaired) electrons. The van der Waals surface area contributed by atoms with E-state index in [2.05, 4.69) is 50.9 Å². The van der Waals surface area contributed by atoms with Crippen LogP contribution in [0.3, 0.4) is 0 Å². The van der Waals surface area contributed by atoms with Crippen LogP contribution in [-0.4, -0.2) is 19.5 Å². The van der Waals surface area contributed by atoms with Crippen molar-refractivity contribution < 1.29 is 0 Å². The van der Waals surface area contributed by atoms with Gasteiger partial charge in [0.2, 0.25) is 0 Å². The van der Waals surface area contributed by atoms with Crippen LogP contribution in [0.2, 0.25) is 0 Å². The molecule has 0 aliphatic heterocycles. The standard InChI is InChI=1S/C26H20N4/c1-3-11-20(12-4-1)24-25(21-13-5-2-6-14-21)30(19-22-15-7-9-17-27-22)26(29-24)23-16-8-10-18-28-23/h1-18H,19H2. The summed E-state index contributed by atoms with van der Waals surface area (Å²) in [6.07, 6.45) is 3.63. The van der Waals surface area contributed by atoms with Crippen LogP contribution in [0.25, 0.3) is 34.0 Å². The number of hydrogen-bond donors (Lipinski definition) is 0. The van der Waals surface area contributed by atoms with Gasteiger partial charge in [0.15, 0.2) is 5.82 Å². The smallest absolute Gasteiger partial charge is 0.160 e. The Labute approximate surface area is 175 Å². The zero-order valence-corrected chi connectivity index (χ0v) is 16.4. The fourth-order valence-electron chi connectivity index (χ4n) is 3.64. The van der Waals surface area contributed by atoms with Crippen LogP contribution in [-0.2, 0) is 6.54 Å². The Hall–Kier alpha value is -4.05. The minimum Gasteiger partial charge on any atom is -0.316 e. The lowest BCUT2D eigenvalue weighted by atomic mass is 10.0. The maximum atomic E-state index is 5.10. The Morgan fingerprint density at radius 1 is 0.600 bits per heavy atom. The second-order valence-corrected chi connectivity index (χ2v) is 6.99. The van der Waals surface area contributed by atoms with Crippen LogP contribution in [0.15, 0.2) is 109 Å². The number of hydrogen-bond acceptors (Lipinski definition) is 3. The molecule has 5 aromatic rings. The summed E-state index contributed by atoms with van der Waals surface area (Å²) >= 11 is 0. The summed E-state index contributed by atoms with van der Waals surface area (Å²) in [5.74, 6) is 0.832. The number of rotatable bonds is 5. The molecule has 2 aromatic carbocycles. The highest BCUT2D eigenvalue weighted by molar-refractivity contribution is 5.81. The molecule has 0 bridgehead atoms. The fourth-order valence-corrected chi connectivity index (χ4v) is 3.64. The van der Waals surface area contributed by atoms with Crippen molar-refractivity contribution in [2.24, 2.45) is 0 Å². The summed E-state index contributed by atoms with van der Waals surface area (Å²) in [6.45, 7) is 0.608. The van der Waals surface area contributed by atoms with Gasteiger partial charge in [-0.05, 0) is 24.3 Å². The van der Waals surface area contributed by atoms with Gasteiger partial charge in [0.05, 0.1) is 23.6 Å². The summed E-state index contributed by atoms with van der Waals surface area (Å²) in [5, 5.41) is 0. The molecule has 0 saturated heterocycles. The monoisotopic (exact) mass is 388 g/mol. The maximum Gasteiger partial charge on any atom is 0.160 e. The molecule has 0 saturated carbocycles. The molecule has 4 nitrogen and oxygen atoms in total. The molecule has 0 fully saturated rings. The Morgan fingerprint density at radius 3 is 1.87 bits per heavy atom. The van der Waals surface area contributed by atoms with Gasteiger partial charge in [0.1, 0.15) is 5.69 Å². The molecule has 3 heterocycles. The van der Waals surface area contributed by atoms with Gasteiger partial charge in [-0.2, -0.15) is 0 Å². The van der Waals surface area contributed by atoms with E-state index in [0.717, 1.165) is 39.7 Å². The van der Waals surface area contributed by atoms with Crippen molar-refractivity contribution in [3.8, 4) is 34.0 Å². The third-order valence-corrected chi connectivity index (χ3v) is 5.00. The number of aromatic nitrogens is 4. The van der Waals surface area contributed by atoms with E-state index in [-0.39, 0.29) is 0 Å². The second kappa shape index (κ2) is 8.13. The third kappa shape index (κ3) is 3.51. The molecule has 0 spiro atoms. The van der Waals surface area contributed by atoms with Gasteiger partial charge in [0.25, 0.3) is 0 Å². The first-order valence-corrected chi connectivity index (χ1v) is 9.93. The third-order valence-electron chi connectivity index (χ3n) is 5.00. The quantitative estimate of drug-likeness (QED) is 0.387. The second-order valence-electron chi connectivity index (χ2n) is 6.99. The van der Waals surface area contributed by atoms with Crippen molar-refractivity contribution in [2.45, 2.75) is 6.54 Å². The van der Waals surface area contributed by atoms with E-state index in [1.165, 1.54) is 0 Å². The van der Waals surface area contributed by atoms with Crippen molar-refractivity contribution in [2.75, 3.05) is 0 Å². The zero-order valence-electron chi connectivity index (χ0n) is 16.4. The predicted molar refractivity (Wildman–Crippen MR) is 120 cm³/mol. The first kappa shape index (κ1) is 18.0. The summed E-state index contributed by atoms with van der Waals surface area (Å²) in [5.41, 5.74) is 6.01. The average molecular weight is 388 g/mol. The number of imidazole rings is 1. The maximum absolute atomic E-state index is 5.10. The van der Waals surface area contributed by atoms with Crippen molar-refractivity contribution in [3.05, 3.63) is 115 Å². The molecule has 0 atom stereocenters. The molecule has 30 heavy (non-hydrogen) atoms. The molecule has 4 heteroatoms. The Kier molecular flexibility index (Phi) is 4.88. The molecule has 144 valence electrons. The summed E-state index contributed by atoms with van der Waals surface area (Å²) in [6, 6.07) is 32.6. The van der Waals surface area contributed by atoms with Crippen LogP contribution >= 0.6 is 0 Å². The lowest BCUT2D eigenvalue weighted by molar-refractivity contribution is 0.786. The Bertz CT molecular complexity index is 1230. The molecular formula is C26H20N4. The zero-order chi connectivity index (χ0) is 20.2. The fraction of sp³-hybridized carbons (Fsp3) is 0.0385. The molecule has 0 N–H and O–H groups in total. The minimum absolute atomic E-state index is 0.608. The van der Waals surface area contributed by atoms with Gasteiger partial charge in [-0.3, -0.25) is 9.97 Å². The number of nitrogens with zero attached hydrogens (tertiary/aromatic N) is 4.